The normalized spacial score (nSPS) is 12.8. The lowest BCUT2D eigenvalue weighted by Gasteiger charge is -2.23. The molecule has 0 radical (unpaired) electrons. The first-order valence-corrected chi connectivity index (χ1v) is 14.7. The van der Waals surface area contributed by atoms with Crippen LogP contribution in [-0.4, -0.2) is 55.2 Å². The molecule has 5 rings (SSSR count). The Morgan fingerprint density at radius 2 is 1.67 bits per heavy atom. The highest BCUT2D eigenvalue weighted by molar-refractivity contribution is 7.98. The molecule has 0 aliphatic rings. The second-order valence-corrected chi connectivity index (χ2v) is 10.9. The number of thioether (sulfide) groups is 1. The summed E-state index contributed by atoms with van der Waals surface area (Å²) in [6, 6.07) is 24.8. The van der Waals surface area contributed by atoms with Gasteiger partial charge in [-0.25, -0.2) is 4.79 Å². The second-order valence-electron chi connectivity index (χ2n) is 9.99. The first-order chi connectivity index (χ1) is 20.3. The molecule has 2 atom stereocenters. The molecule has 0 aliphatic carbocycles. The van der Waals surface area contributed by atoms with Gasteiger partial charge in [-0.2, -0.15) is 0 Å². The van der Waals surface area contributed by atoms with Crippen LogP contribution in [0.4, 0.5) is 0 Å². The van der Waals surface area contributed by atoms with Crippen molar-refractivity contribution in [1.82, 2.24) is 14.5 Å². The van der Waals surface area contributed by atoms with Crippen molar-refractivity contribution in [3.63, 3.8) is 0 Å². The van der Waals surface area contributed by atoms with E-state index in [0.29, 0.717) is 16.6 Å². The number of aryl methyl sites for hydroxylation is 1. The lowest BCUT2D eigenvalue weighted by molar-refractivity contribution is -0.137. The number of aliphatic carboxylic acids is 1. The van der Waals surface area contributed by atoms with Crippen molar-refractivity contribution >= 4 is 45.4 Å². The van der Waals surface area contributed by atoms with Crippen LogP contribution < -0.4 is 11.0 Å². The predicted molar refractivity (Wildman–Crippen MR) is 163 cm³/mol. The fourth-order valence-electron chi connectivity index (χ4n) is 5.15. The fourth-order valence-corrected chi connectivity index (χ4v) is 5.56. The molecule has 4 N–H and O–H groups in total. The lowest BCUT2D eigenvalue weighted by atomic mass is 10.0. The first-order valence-electron chi connectivity index (χ1n) is 13.5. The van der Waals surface area contributed by atoms with Crippen molar-refractivity contribution in [2.45, 2.75) is 36.6 Å². The standard InChI is InChI=1S/C32H31N3O6S/c1-42-24-12-9-21(10-13-24)30(39)26(19-36)33-31(40)22-11-14-27-28(17-22)34(16-15-29(37)38)32(41)35(27)18-23-7-4-6-20-5-2-3-8-25(20)23/h2-14,17,26,30,36,39H,15-16,18-19H2,1H3,(H,33,40)(H,37,38)/t26?,30-/m1/s1. The first kappa shape index (κ1) is 29.1. The molecule has 1 heterocycles. The number of carbonyl (C=O) groups excluding carboxylic acids is 1. The molecule has 4 aromatic carbocycles. The van der Waals surface area contributed by atoms with E-state index in [1.54, 1.807) is 46.7 Å². The van der Waals surface area contributed by atoms with E-state index in [0.717, 1.165) is 21.2 Å². The highest BCUT2D eigenvalue weighted by atomic mass is 32.2. The molecule has 0 saturated heterocycles. The Morgan fingerprint density at radius 1 is 0.929 bits per heavy atom. The van der Waals surface area contributed by atoms with Gasteiger partial charge in [0, 0.05) is 17.0 Å². The van der Waals surface area contributed by atoms with Gasteiger partial charge in [-0.3, -0.25) is 18.7 Å². The van der Waals surface area contributed by atoms with Crippen LogP contribution in [0.1, 0.15) is 34.0 Å². The average Bonchev–Trinajstić information content (AvgIpc) is 3.27. The molecule has 216 valence electrons. The third kappa shape index (κ3) is 5.96. The van der Waals surface area contributed by atoms with Crippen molar-refractivity contribution in [2.24, 2.45) is 0 Å². The molecular formula is C32H31N3O6S. The lowest BCUT2D eigenvalue weighted by Crippen LogP contribution is -2.42. The highest BCUT2D eigenvalue weighted by Gasteiger charge is 2.24. The predicted octanol–water partition coefficient (Wildman–Crippen LogP) is 4.03. The molecule has 0 aliphatic heterocycles. The van der Waals surface area contributed by atoms with Crippen LogP contribution in [0.3, 0.4) is 0 Å². The van der Waals surface area contributed by atoms with Crippen LogP contribution in [0.2, 0.25) is 0 Å². The quantitative estimate of drug-likeness (QED) is 0.172. The van der Waals surface area contributed by atoms with Gasteiger partial charge in [-0.05, 0) is 58.5 Å². The summed E-state index contributed by atoms with van der Waals surface area (Å²) in [6.07, 6.45) is 0.532. The maximum atomic E-state index is 13.6. The van der Waals surface area contributed by atoms with Crippen molar-refractivity contribution in [1.29, 1.82) is 0 Å². The zero-order valence-corrected chi connectivity index (χ0v) is 23.8. The zero-order chi connectivity index (χ0) is 29.8. The van der Waals surface area contributed by atoms with Gasteiger partial charge in [-0.1, -0.05) is 54.6 Å². The fraction of sp³-hybridized carbons (Fsp3) is 0.219. The summed E-state index contributed by atoms with van der Waals surface area (Å²) in [4.78, 5) is 39.3. The number of aromatic nitrogens is 2. The molecule has 0 saturated carbocycles. The van der Waals surface area contributed by atoms with Crippen LogP contribution in [0.5, 0.6) is 0 Å². The third-order valence-electron chi connectivity index (χ3n) is 7.39. The number of nitrogens with one attached hydrogen (secondary N) is 1. The number of rotatable bonds is 11. The summed E-state index contributed by atoms with van der Waals surface area (Å²) < 4.78 is 2.95. The van der Waals surface area contributed by atoms with E-state index in [4.69, 9.17) is 0 Å². The molecule has 10 heteroatoms. The monoisotopic (exact) mass is 585 g/mol. The van der Waals surface area contributed by atoms with E-state index in [2.05, 4.69) is 5.32 Å². The van der Waals surface area contributed by atoms with Gasteiger partial charge in [-0.15, -0.1) is 11.8 Å². The molecule has 1 amide bonds. The zero-order valence-electron chi connectivity index (χ0n) is 22.9. The number of benzene rings is 4. The van der Waals surface area contributed by atoms with Crippen LogP contribution in [-0.2, 0) is 17.9 Å². The molecule has 9 nitrogen and oxygen atoms in total. The van der Waals surface area contributed by atoms with E-state index < -0.39 is 30.6 Å². The van der Waals surface area contributed by atoms with E-state index in [9.17, 15) is 29.7 Å². The molecule has 5 aromatic rings. The number of carbonyl (C=O) groups is 2. The minimum atomic E-state index is -1.14. The molecule has 0 fully saturated rings. The van der Waals surface area contributed by atoms with Gasteiger partial charge in [0.25, 0.3) is 5.91 Å². The summed E-state index contributed by atoms with van der Waals surface area (Å²) in [7, 11) is 0. The number of fused-ring (bicyclic) bond motifs is 2. The SMILES string of the molecule is CSc1ccc([C@@H](O)C(CO)NC(=O)c2ccc3c(c2)n(CCC(=O)O)c(=O)n3Cc2cccc3ccccc23)cc1. The van der Waals surface area contributed by atoms with Crippen LogP contribution in [0, 0.1) is 0 Å². The molecule has 0 bridgehead atoms. The van der Waals surface area contributed by atoms with Crippen LogP contribution in [0.25, 0.3) is 21.8 Å². The number of carboxylic acid groups (broad SMARTS) is 1. The smallest absolute Gasteiger partial charge is 0.329 e. The number of aliphatic hydroxyl groups excluding tert-OH is 2. The van der Waals surface area contributed by atoms with Crippen LogP contribution in [0.15, 0.2) is 94.6 Å². The van der Waals surface area contributed by atoms with Crippen molar-refractivity contribution in [3.05, 3.63) is 112 Å². The van der Waals surface area contributed by atoms with Gasteiger partial charge in [0.1, 0.15) is 6.10 Å². The topological polar surface area (TPSA) is 134 Å². The van der Waals surface area contributed by atoms with Gasteiger partial charge >= 0.3 is 11.7 Å². The third-order valence-corrected chi connectivity index (χ3v) is 8.13. The van der Waals surface area contributed by atoms with Crippen molar-refractivity contribution < 1.29 is 24.9 Å². The number of amides is 1. The summed E-state index contributed by atoms with van der Waals surface area (Å²) in [5.74, 6) is -1.59. The Labute approximate surface area is 246 Å². The average molecular weight is 586 g/mol. The maximum absolute atomic E-state index is 13.6. The van der Waals surface area contributed by atoms with E-state index in [-0.39, 0.29) is 30.8 Å². The van der Waals surface area contributed by atoms with Gasteiger partial charge < -0.3 is 20.6 Å². The molecule has 0 spiro atoms. The minimum absolute atomic E-state index is 0.0672. The largest absolute Gasteiger partial charge is 0.481 e. The number of aliphatic hydroxyl groups is 2. The number of imidazole rings is 1. The number of nitrogens with zero attached hydrogens (tertiary/aromatic N) is 2. The Morgan fingerprint density at radius 3 is 2.38 bits per heavy atom. The van der Waals surface area contributed by atoms with Crippen molar-refractivity contribution in [2.75, 3.05) is 12.9 Å². The maximum Gasteiger partial charge on any atom is 0.329 e. The summed E-state index contributed by atoms with van der Waals surface area (Å²) in [5, 5.41) is 34.9. The van der Waals surface area contributed by atoms with Gasteiger partial charge in [0.2, 0.25) is 0 Å². The number of carboxylic acids is 1. The Bertz CT molecular complexity index is 1810. The van der Waals surface area contributed by atoms with Gasteiger partial charge in [0.15, 0.2) is 0 Å². The number of hydrogen-bond donors (Lipinski definition) is 4. The van der Waals surface area contributed by atoms with Crippen molar-refractivity contribution in [3.8, 4) is 0 Å². The Balaban J connectivity index is 1.48. The van der Waals surface area contributed by atoms with Crippen LogP contribution >= 0.6 is 11.8 Å². The summed E-state index contributed by atoms with van der Waals surface area (Å²) >= 11 is 1.56. The highest BCUT2D eigenvalue weighted by Crippen LogP contribution is 2.24. The molecule has 1 aromatic heterocycles. The summed E-state index contributed by atoms with van der Waals surface area (Å²) in [5.41, 5.74) is 2.28. The Hall–Kier alpha value is -4.38. The van der Waals surface area contributed by atoms with E-state index in [1.807, 2.05) is 60.9 Å². The molecule has 1 unspecified atom stereocenters. The molecular weight excluding hydrogens is 554 g/mol. The minimum Gasteiger partial charge on any atom is -0.481 e. The van der Waals surface area contributed by atoms with Gasteiger partial charge in [0.05, 0.1) is 36.6 Å². The summed E-state index contributed by atoms with van der Waals surface area (Å²) in [6.45, 7) is -0.303. The number of hydrogen-bond acceptors (Lipinski definition) is 6. The molecule has 42 heavy (non-hydrogen) atoms. The Kier molecular flexibility index (Phi) is 8.77. The van der Waals surface area contributed by atoms with E-state index in [1.165, 1.54) is 4.57 Å². The van der Waals surface area contributed by atoms with E-state index >= 15 is 0 Å². The second kappa shape index (κ2) is 12.6.